The molecule has 2 aliphatic heterocycles. The van der Waals surface area contributed by atoms with Crippen molar-refractivity contribution in [2.45, 2.75) is 71.9 Å². The highest BCUT2D eigenvalue weighted by Gasteiger charge is 2.45. The third-order valence-corrected chi connectivity index (χ3v) is 9.27. The molecule has 0 unspecified atom stereocenters. The molecule has 0 aliphatic carbocycles. The molecule has 0 N–H and O–H groups in total. The minimum Gasteiger partial charge on any atom is -0.496 e. The summed E-state index contributed by atoms with van der Waals surface area (Å²) >= 11 is 6.92. The van der Waals surface area contributed by atoms with Crippen LogP contribution < -0.4 is 20.1 Å². The molecule has 0 saturated carbocycles. The first-order valence-electron chi connectivity index (χ1n) is 16.5. The number of halogens is 2. The fourth-order valence-corrected chi connectivity index (χ4v) is 6.97. The summed E-state index contributed by atoms with van der Waals surface area (Å²) in [6, 6.07) is 5.31. The van der Waals surface area contributed by atoms with Crippen molar-refractivity contribution < 1.29 is 23.5 Å². The van der Waals surface area contributed by atoms with Gasteiger partial charge in [-0.2, -0.15) is 0 Å². The van der Waals surface area contributed by atoms with Gasteiger partial charge in [0.15, 0.2) is 5.65 Å². The lowest BCUT2D eigenvalue weighted by atomic mass is 9.98. The Morgan fingerprint density at radius 3 is 2.28 bits per heavy atom. The minimum absolute atomic E-state index is 0.0264. The number of nitrogens with zero attached hydrogens (tertiary/aromatic N) is 7. The van der Waals surface area contributed by atoms with Crippen LogP contribution in [0, 0.1) is 5.82 Å². The first-order valence-corrected chi connectivity index (χ1v) is 16.9. The van der Waals surface area contributed by atoms with E-state index in [0.29, 0.717) is 28.1 Å². The summed E-state index contributed by atoms with van der Waals surface area (Å²) in [6.07, 6.45) is 0.945. The number of hydrogen-bond acceptors (Lipinski definition) is 9. The Bertz CT molecular complexity index is 2070. The van der Waals surface area contributed by atoms with Crippen LogP contribution in [0.5, 0.6) is 5.75 Å². The number of rotatable bonds is 5. The van der Waals surface area contributed by atoms with E-state index in [1.165, 1.54) is 39.9 Å². The molecule has 0 spiro atoms. The van der Waals surface area contributed by atoms with Crippen LogP contribution in [0.25, 0.3) is 27.8 Å². The topological polar surface area (TPSA) is 123 Å². The summed E-state index contributed by atoms with van der Waals surface area (Å²) in [5.41, 5.74) is 1.48. The Labute approximate surface area is 294 Å². The molecule has 50 heavy (non-hydrogen) atoms. The molecule has 0 bridgehead atoms. The van der Waals surface area contributed by atoms with Gasteiger partial charge < -0.3 is 24.2 Å². The quantitative estimate of drug-likeness (QED) is 0.220. The van der Waals surface area contributed by atoms with Crippen molar-refractivity contribution in [3.05, 3.63) is 63.3 Å². The number of carbonyl (C=O) groups is 2. The zero-order valence-electron chi connectivity index (χ0n) is 29.7. The maximum atomic E-state index is 15.6. The molecule has 1 saturated heterocycles. The molecule has 2 aliphatic rings. The zero-order valence-corrected chi connectivity index (χ0v) is 30.4. The average Bonchev–Trinajstić information content (AvgIpc) is 3.05. The van der Waals surface area contributed by atoms with Gasteiger partial charge in [0, 0.05) is 31.1 Å². The number of hydrogen-bond donors (Lipinski definition) is 0. The number of anilines is 2. The van der Waals surface area contributed by atoms with E-state index in [4.69, 9.17) is 26.1 Å². The molecule has 264 valence electrons. The van der Waals surface area contributed by atoms with Crippen LogP contribution >= 0.6 is 11.6 Å². The fourth-order valence-electron chi connectivity index (χ4n) is 6.74. The summed E-state index contributed by atoms with van der Waals surface area (Å²) in [6.45, 7) is 13.7. The molecule has 12 nitrogen and oxygen atoms in total. The highest BCUT2D eigenvalue weighted by atomic mass is 35.5. The van der Waals surface area contributed by atoms with Gasteiger partial charge in [0.1, 0.15) is 40.4 Å². The SMILES string of the molecule is COc1cccc(F)c1-c1cc2c3c(c(=O)n(-c4c(C(C)C)ncnc4C(C)C)c2nc1Cl)N(C)C(=O)[C@H]1CN(C(=O)OC(C)(C)C)CCN31. The number of likely N-dealkylation sites (N-methyl/N-ethyl adjacent to an activating group) is 1. The van der Waals surface area contributed by atoms with Crippen molar-refractivity contribution in [1.29, 1.82) is 0 Å². The number of amides is 2. The summed E-state index contributed by atoms with van der Waals surface area (Å²) < 4.78 is 28.2. The normalized spacial score (nSPS) is 16.3. The average molecular weight is 706 g/mol. The molecule has 0 radical (unpaired) electrons. The minimum atomic E-state index is -0.841. The van der Waals surface area contributed by atoms with E-state index in [9.17, 15) is 14.4 Å². The number of ether oxygens (including phenoxy) is 2. The second-order valence-electron chi connectivity index (χ2n) is 14.2. The summed E-state index contributed by atoms with van der Waals surface area (Å²) in [4.78, 5) is 60.9. The Hall–Kier alpha value is -4.78. The van der Waals surface area contributed by atoms with Crippen molar-refractivity contribution >= 4 is 46.0 Å². The summed E-state index contributed by atoms with van der Waals surface area (Å²) in [7, 11) is 2.98. The first-order chi connectivity index (χ1) is 23.5. The predicted molar refractivity (Wildman–Crippen MR) is 190 cm³/mol. The highest BCUT2D eigenvalue weighted by molar-refractivity contribution is 6.33. The molecule has 3 aromatic heterocycles. The van der Waals surface area contributed by atoms with E-state index in [2.05, 4.69) is 9.97 Å². The number of aromatic nitrogens is 4. The second-order valence-corrected chi connectivity index (χ2v) is 14.5. The largest absolute Gasteiger partial charge is 0.496 e. The molecule has 4 aromatic rings. The maximum Gasteiger partial charge on any atom is 0.410 e. The molecular formula is C36H41ClFN7O5. The van der Waals surface area contributed by atoms with Crippen LogP contribution in [0.1, 0.15) is 71.7 Å². The van der Waals surface area contributed by atoms with Crippen LogP contribution in [0.2, 0.25) is 5.15 Å². The lowest BCUT2D eigenvalue weighted by molar-refractivity contribution is -0.120. The molecule has 1 aromatic carbocycles. The Morgan fingerprint density at radius 1 is 1.02 bits per heavy atom. The van der Waals surface area contributed by atoms with E-state index < -0.39 is 29.1 Å². The number of benzene rings is 1. The van der Waals surface area contributed by atoms with Crippen LogP contribution in [-0.2, 0) is 9.53 Å². The van der Waals surface area contributed by atoms with Gasteiger partial charge in [-0.15, -0.1) is 0 Å². The number of methoxy groups -OCH3 is 1. The third-order valence-electron chi connectivity index (χ3n) is 8.98. The van der Waals surface area contributed by atoms with E-state index >= 15 is 4.39 Å². The van der Waals surface area contributed by atoms with Gasteiger partial charge in [-0.25, -0.2) is 24.1 Å². The molecule has 1 fully saturated rings. The fraction of sp³-hybridized carbons (Fsp3) is 0.444. The highest BCUT2D eigenvalue weighted by Crippen LogP contribution is 2.45. The van der Waals surface area contributed by atoms with Crippen molar-refractivity contribution in [1.82, 2.24) is 24.4 Å². The van der Waals surface area contributed by atoms with Crippen molar-refractivity contribution in [3.63, 3.8) is 0 Å². The molecule has 6 rings (SSSR count). The number of piperazine rings is 1. The Balaban J connectivity index is 1.71. The van der Waals surface area contributed by atoms with Gasteiger partial charge in [0.05, 0.1) is 42.0 Å². The Morgan fingerprint density at radius 2 is 1.68 bits per heavy atom. The van der Waals surface area contributed by atoms with Crippen LogP contribution in [0.3, 0.4) is 0 Å². The van der Waals surface area contributed by atoms with Crippen LogP contribution in [-0.4, -0.2) is 81.9 Å². The number of fused-ring (bicyclic) bond motifs is 5. The summed E-state index contributed by atoms with van der Waals surface area (Å²) in [5, 5.41) is 0.377. The summed E-state index contributed by atoms with van der Waals surface area (Å²) in [5.74, 6) is -0.946. The molecular weight excluding hydrogens is 665 g/mol. The number of carbonyl (C=O) groups excluding carboxylic acids is 2. The van der Waals surface area contributed by atoms with Gasteiger partial charge >= 0.3 is 6.09 Å². The predicted octanol–water partition coefficient (Wildman–Crippen LogP) is 6.29. The van der Waals surface area contributed by atoms with Crippen molar-refractivity contribution in [2.75, 3.05) is 43.6 Å². The zero-order chi connectivity index (χ0) is 36.4. The van der Waals surface area contributed by atoms with Crippen molar-refractivity contribution in [3.8, 4) is 22.6 Å². The lowest BCUT2D eigenvalue weighted by Gasteiger charge is -2.47. The monoisotopic (exact) mass is 705 g/mol. The number of pyridine rings is 2. The van der Waals surface area contributed by atoms with E-state index in [-0.39, 0.29) is 70.7 Å². The van der Waals surface area contributed by atoms with Crippen LogP contribution in [0.15, 0.2) is 35.4 Å². The maximum absolute atomic E-state index is 15.6. The lowest BCUT2D eigenvalue weighted by Crippen LogP contribution is -2.64. The van der Waals surface area contributed by atoms with Gasteiger partial charge in [-0.1, -0.05) is 45.4 Å². The smallest absolute Gasteiger partial charge is 0.410 e. The van der Waals surface area contributed by atoms with Gasteiger partial charge in [0.2, 0.25) is 0 Å². The van der Waals surface area contributed by atoms with E-state index in [0.717, 1.165) is 0 Å². The third kappa shape index (κ3) is 5.80. The second kappa shape index (κ2) is 12.8. The van der Waals surface area contributed by atoms with Crippen molar-refractivity contribution in [2.24, 2.45) is 0 Å². The standard InChI is InChI=1S/C36H41ClFN7O5/c1-18(2)26-29(27(19(3)4)40-17-39-26)45-32-21(15-20(31(37)41-32)25-22(38)11-10-12-24(25)49-9)28-30(34(45)47)42(8)33(46)23-16-43(13-14-44(23)28)35(48)50-36(5,6)7/h10-12,15,17-19,23H,13-14,16H2,1-9H3/t23-/m1/s1. The van der Waals surface area contributed by atoms with Gasteiger partial charge in [0.25, 0.3) is 11.5 Å². The van der Waals surface area contributed by atoms with Gasteiger partial charge in [-0.3, -0.25) is 14.2 Å². The molecule has 5 heterocycles. The van der Waals surface area contributed by atoms with E-state index in [1.807, 2.05) is 32.6 Å². The van der Waals surface area contributed by atoms with E-state index in [1.54, 1.807) is 40.0 Å². The van der Waals surface area contributed by atoms with Gasteiger partial charge in [-0.05, 0) is 50.8 Å². The van der Waals surface area contributed by atoms with Crippen LogP contribution in [0.4, 0.5) is 20.6 Å². The first kappa shape index (κ1) is 35.1. The molecule has 2 amide bonds. The molecule has 14 heteroatoms. The Kier molecular flexibility index (Phi) is 9.00. The molecule has 1 atom stereocenters.